The topological polar surface area (TPSA) is 142 Å². The Hall–Kier alpha value is -4.39. The predicted molar refractivity (Wildman–Crippen MR) is 116 cm³/mol. The first kappa shape index (κ1) is 23.8. The smallest absolute Gasteiger partial charge is 0.393 e. The first-order valence-electron chi connectivity index (χ1n) is 10.2. The van der Waals surface area contributed by atoms with Crippen LogP contribution in [-0.4, -0.2) is 31.6 Å². The van der Waals surface area contributed by atoms with E-state index in [0.717, 1.165) is 16.7 Å². The second kappa shape index (κ2) is 8.76. The molecule has 1 aromatic heterocycles. The van der Waals surface area contributed by atoms with Crippen LogP contribution in [-0.2, 0) is 6.18 Å². The molecule has 0 saturated heterocycles. The molecule has 0 aliphatic carbocycles. The minimum atomic E-state index is -4.62. The highest BCUT2D eigenvalue weighted by molar-refractivity contribution is 5.69. The fraction of sp³-hybridized carbons (Fsp3) is 0.217. The molecule has 0 amide bonds. The quantitative estimate of drug-likeness (QED) is 0.519. The molecule has 1 aliphatic heterocycles. The van der Waals surface area contributed by atoms with Gasteiger partial charge in [0, 0.05) is 11.4 Å². The summed E-state index contributed by atoms with van der Waals surface area (Å²) in [6, 6.07) is 11.4. The number of benzene rings is 2. The molecular weight excluding hydrogens is 465 g/mol. The monoisotopic (exact) mass is 482 g/mol. The summed E-state index contributed by atoms with van der Waals surface area (Å²) in [4.78, 5) is 14.1. The van der Waals surface area contributed by atoms with Gasteiger partial charge in [0.15, 0.2) is 0 Å². The number of nitriles is 2. The first-order valence-corrected chi connectivity index (χ1v) is 10.2. The van der Waals surface area contributed by atoms with Gasteiger partial charge in [0.25, 0.3) is 0 Å². The number of allylic oxidation sites excluding steroid dienone is 2. The van der Waals surface area contributed by atoms with Crippen molar-refractivity contribution >= 4 is 11.6 Å². The summed E-state index contributed by atoms with van der Waals surface area (Å²) in [5.41, 5.74) is -0.912. The molecule has 2 atom stereocenters. The molecule has 12 heteroatoms. The molecule has 35 heavy (non-hydrogen) atoms. The number of fused-ring (bicyclic) bond motifs is 1. The molecule has 178 valence electrons. The maximum absolute atomic E-state index is 13.3. The summed E-state index contributed by atoms with van der Waals surface area (Å²) in [7, 11) is 0. The van der Waals surface area contributed by atoms with Gasteiger partial charge in [-0.05, 0) is 48.4 Å². The van der Waals surface area contributed by atoms with Crippen molar-refractivity contribution in [1.82, 2.24) is 14.8 Å². The summed E-state index contributed by atoms with van der Waals surface area (Å²) < 4.78 is 41.1. The Morgan fingerprint density at radius 3 is 2.57 bits per heavy atom. The summed E-state index contributed by atoms with van der Waals surface area (Å²) >= 11 is 0. The fourth-order valence-electron chi connectivity index (χ4n) is 4.13. The normalized spacial score (nSPS) is 16.5. The van der Waals surface area contributed by atoms with Crippen molar-refractivity contribution < 1.29 is 23.4 Å². The van der Waals surface area contributed by atoms with Crippen LogP contribution >= 0.6 is 0 Å². The molecular formula is C23H17F3N6O3. The van der Waals surface area contributed by atoms with Gasteiger partial charge in [-0.2, -0.15) is 23.7 Å². The molecule has 2 unspecified atom stereocenters. The largest absolute Gasteiger partial charge is 0.416 e. The van der Waals surface area contributed by atoms with Gasteiger partial charge in [0.1, 0.15) is 12.1 Å². The zero-order valence-electron chi connectivity index (χ0n) is 18.1. The van der Waals surface area contributed by atoms with Gasteiger partial charge in [-0.1, -0.05) is 12.1 Å². The van der Waals surface area contributed by atoms with Gasteiger partial charge in [-0.3, -0.25) is 4.90 Å². The fourth-order valence-corrected chi connectivity index (χ4v) is 4.13. The third-order valence-electron chi connectivity index (χ3n) is 5.74. The maximum Gasteiger partial charge on any atom is 0.416 e. The number of nitrogens with one attached hydrogen (secondary N) is 1. The highest BCUT2D eigenvalue weighted by Crippen LogP contribution is 2.43. The maximum atomic E-state index is 13.3. The van der Waals surface area contributed by atoms with Crippen molar-refractivity contribution in [3.63, 3.8) is 0 Å². The van der Waals surface area contributed by atoms with Crippen LogP contribution in [0.25, 0.3) is 0 Å². The lowest BCUT2D eigenvalue weighted by Crippen LogP contribution is -2.35. The van der Waals surface area contributed by atoms with Crippen LogP contribution in [0.1, 0.15) is 41.3 Å². The first-order chi connectivity index (χ1) is 16.6. The number of hydrogen-bond acceptors (Lipinski definition) is 7. The molecule has 2 heterocycles. The minimum absolute atomic E-state index is 0.00508. The molecule has 3 aromatic rings. The van der Waals surface area contributed by atoms with Gasteiger partial charge in [0.05, 0.1) is 35.4 Å². The van der Waals surface area contributed by atoms with Crippen molar-refractivity contribution in [3.8, 4) is 12.1 Å². The summed E-state index contributed by atoms with van der Waals surface area (Å²) in [6.45, 7) is 0.808. The number of rotatable bonds is 4. The van der Waals surface area contributed by atoms with E-state index in [0.29, 0.717) is 0 Å². The van der Waals surface area contributed by atoms with Crippen LogP contribution in [0.3, 0.4) is 0 Å². The number of alkyl halides is 3. The van der Waals surface area contributed by atoms with E-state index in [1.165, 1.54) is 42.2 Å². The second-order valence-electron chi connectivity index (χ2n) is 7.75. The van der Waals surface area contributed by atoms with Crippen molar-refractivity contribution in [2.24, 2.45) is 0 Å². The van der Waals surface area contributed by atoms with Crippen molar-refractivity contribution in [2.75, 3.05) is 11.5 Å². The van der Waals surface area contributed by atoms with E-state index in [4.69, 9.17) is 0 Å². The molecule has 1 aliphatic rings. The average Bonchev–Trinajstić information content (AvgIpc) is 3.22. The van der Waals surface area contributed by atoms with Crippen LogP contribution in [0, 0.1) is 22.7 Å². The molecule has 9 nitrogen and oxygen atoms in total. The summed E-state index contributed by atoms with van der Waals surface area (Å²) in [6.07, 6.45) is -6.04. The van der Waals surface area contributed by atoms with E-state index in [9.17, 15) is 38.7 Å². The van der Waals surface area contributed by atoms with E-state index >= 15 is 0 Å². The molecule has 0 radical (unpaired) electrons. The second-order valence-corrected chi connectivity index (χ2v) is 7.75. The number of anilines is 2. The van der Waals surface area contributed by atoms with Gasteiger partial charge in [0.2, 0.25) is 5.95 Å². The lowest BCUT2D eigenvalue weighted by molar-refractivity contribution is -0.137. The van der Waals surface area contributed by atoms with Gasteiger partial charge < -0.3 is 10.2 Å². The Morgan fingerprint density at radius 1 is 1.20 bits per heavy atom. The molecule has 3 N–H and O–H groups in total. The number of hydrogen-bond donors (Lipinski definition) is 3. The van der Waals surface area contributed by atoms with E-state index in [2.05, 4.69) is 10.2 Å². The lowest BCUT2D eigenvalue weighted by Gasteiger charge is -2.35. The van der Waals surface area contributed by atoms with E-state index < -0.39 is 36.2 Å². The minimum Gasteiger partial charge on any atom is -0.393 e. The van der Waals surface area contributed by atoms with E-state index in [-0.39, 0.29) is 39.6 Å². The number of aliphatic hydroxyl groups excluding tert-OH is 2. The van der Waals surface area contributed by atoms with Crippen molar-refractivity contribution in [3.05, 3.63) is 86.5 Å². The number of nitrogens with zero attached hydrogens (tertiary/aromatic N) is 5. The third-order valence-corrected chi connectivity index (χ3v) is 5.74. The van der Waals surface area contributed by atoms with Crippen LogP contribution in [0.2, 0.25) is 0 Å². The number of aromatic amines is 1. The Labute approximate surface area is 196 Å². The molecule has 0 fully saturated rings. The Morgan fingerprint density at radius 2 is 1.94 bits per heavy atom. The SMILES string of the molecule is CC1=C(C#N)C(c2ccc(C#N)cc2C(O)CO)n2c(n[nH]c2=O)N1c1cccc(C(F)(F)F)c1. The summed E-state index contributed by atoms with van der Waals surface area (Å²) in [5.74, 6) is -0.0791. The lowest BCUT2D eigenvalue weighted by atomic mass is 9.89. The number of halogens is 3. The number of H-pyrrole nitrogens is 1. The predicted octanol–water partition coefficient (Wildman–Crippen LogP) is 3.03. The van der Waals surface area contributed by atoms with Crippen LogP contribution in [0.15, 0.2) is 58.5 Å². The van der Waals surface area contributed by atoms with Gasteiger partial charge in [-0.15, -0.1) is 5.10 Å². The number of aliphatic hydroxyl groups is 2. The third kappa shape index (κ3) is 3.95. The molecule has 0 spiro atoms. The Balaban J connectivity index is 2.00. The zero-order chi connectivity index (χ0) is 25.5. The Bertz CT molecular complexity index is 1480. The highest BCUT2D eigenvalue weighted by atomic mass is 19.4. The summed E-state index contributed by atoms with van der Waals surface area (Å²) in [5, 5.41) is 45.5. The van der Waals surface area contributed by atoms with Gasteiger partial charge >= 0.3 is 11.9 Å². The van der Waals surface area contributed by atoms with Crippen LogP contribution in [0.4, 0.5) is 24.8 Å². The number of aromatic nitrogens is 3. The average molecular weight is 482 g/mol. The standard InChI is InChI=1S/C23H17F3N6O3/c1-12-18(10-28)20(16-6-5-13(9-27)7-17(16)19(34)11-33)32-21(29-30-22(32)35)31(12)15-4-2-3-14(8-15)23(24,25)26/h2-8,19-20,33-34H,11H2,1H3,(H,30,35). The van der Waals surface area contributed by atoms with E-state index in [1.54, 1.807) is 0 Å². The Kier molecular flexibility index (Phi) is 5.94. The molecule has 2 aromatic carbocycles. The van der Waals surface area contributed by atoms with Crippen molar-refractivity contribution in [1.29, 1.82) is 10.5 Å². The zero-order valence-corrected chi connectivity index (χ0v) is 18.1. The molecule has 4 rings (SSSR count). The van der Waals surface area contributed by atoms with Crippen LogP contribution in [0.5, 0.6) is 0 Å². The highest BCUT2D eigenvalue weighted by Gasteiger charge is 2.38. The van der Waals surface area contributed by atoms with Crippen LogP contribution < -0.4 is 10.6 Å². The van der Waals surface area contributed by atoms with E-state index in [1.807, 2.05) is 12.1 Å². The molecule has 0 saturated carbocycles. The van der Waals surface area contributed by atoms with Gasteiger partial charge in [-0.25, -0.2) is 14.5 Å². The van der Waals surface area contributed by atoms with Crippen molar-refractivity contribution in [2.45, 2.75) is 25.2 Å². The molecule has 0 bridgehead atoms.